The molecular formula is C6H14N4O. The van der Waals surface area contributed by atoms with Gasteiger partial charge >= 0.3 is 0 Å². The number of hydrogen-bond donors (Lipinski definition) is 3. The van der Waals surface area contributed by atoms with Crippen molar-refractivity contribution in [3.63, 3.8) is 0 Å². The van der Waals surface area contributed by atoms with Gasteiger partial charge in [-0.1, -0.05) is 12.8 Å². The van der Waals surface area contributed by atoms with Crippen molar-refractivity contribution in [1.29, 1.82) is 0 Å². The lowest BCUT2D eigenvalue weighted by Crippen LogP contribution is -2.35. The van der Waals surface area contributed by atoms with Crippen LogP contribution in [0.25, 0.3) is 0 Å². The Hall–Kier alpha value is -0.970. The van der Waals surface area contributed by atoms with Crippen molar-refractivity contribution in [1.82, 2.24) is 5.48 Å². The second-order valence-electron chi connectivity index (χ2n) is 2.64. The van der Waals surface area contributed by atoms with Crippen LogP contribution in [-0.4, -0.2) is 12.1 Å². The molecule has 0 unspecified atom stereocenters. The van der Waals surface area contributed by atoms with Gasteiger partial charge in [0.2, 0.25) is 5.96 Å². The molecule has 1 rings (SSSR count). The molecule has 0 aromatic heterocycles. The van der Waals surface area contributed by atoms with Crippen LogP contribution in [0.2, 0.25) is 0 Å². The number of rotatable bonds is 2. The second-order valence-corrected chi connectivity index (χ2v) is 2.64. The average molecular weight is 158 g/mol. The molecule has 1 aliphatic carbocycles. The largest absolute Gasteiger partial charge is 0.367 e. The Balaban J connectivity index is 2.11. The molecule has 0 heterocycles. The molecule has 0 amide bonds. The average Bonchev–Trinajstić information content (AvgIpc) is 2.52. The van der Waals surface area contributed by atoms with Gasteiger partial charge in [0.25, 0.3) is 0 Å². The van der Waals surface area contributed by atoms with Gasteiger partial charge in [-0.3, -0.25) is 4.84 Å². The van der Waals surface area contributed by atoms with Crippen LogP contribution in [-0.2, 0) is 4.84 Å². The number of nitrogens with one attached hydrogen (secondary N) is 1. The van der Waals surface area contributed by atoms with E-state index in [0.717, 1.165) is 12.8 Å². The minimum absolute atomic E-state index is 0.122. The Bertz CT molecular complexity index is 142. The van der Waals surface area contributed by atoms with E-state index in [-0.39, 0.29) is 12.1 Å². The summed E-state index contributed by atoms with van der Waals surface area (Å²) in [5.74, 6) is 5.00. The molecule has 0 aromatic carbocycles. The molecule has 0 aliphatic heterocycles. The lowest BCUT2D eigenvalue weighted by atomic mass is 10.3. The monoisotopic (exact) mass is 158 g/mol. The zero-order chi connectivity index (χ0) is 8.10. The highest BCUT2D eigenvalue weighted by molar-refractivity contribution is 5.76. The molecule has 64 valence electrons. The first kappa shape index (κ1) is 8.13. The molecule has 5 heteroatoms. The van der Waals surface area contributed by atoms with E-state index in [1.807, 2.05) is 0 Å². The fourth-order valence-corrected chi connectivity index (χ4v) is 1.18. The van der Waals surface area contributed by atoms with E-state index < -0.39 is 0 Å². The highest BCUT2D eigenvalue weighted by Crippen LogP contribution is 2.19. The third-order valence-electron chi connectivity index (χ3n) is 1.77. The molecule has 0 spiro atoms. The van der Waals surface area contributed by atoms with Crippen molar-refractivity contribution in [3.05, 3.63) is 0 Å². The van der Waals surface area contributed by atoms with E-state index >= 15 is 0 Å². The van der Waals surface area contributed by atoms with E-state index in [4.69, 9.17) is 16.4 Å². The molecule has 0 atom stereocenters. The molecular weight excluding hydrogens is 144 g/mol. The van der Waals surface area contributed by atoms with Gasteiger partial charge in [-0.2, -0.15) is 0 Å². The molecule has 1 aliphatic rings. The summed E-state index contributed by atoms with van der Waals surface area (Å²) in [6.07, 6.45) is 4.91. The van der Waals surface area contributed by atoms with E-state index in [0.29, 0.717) is 0 Å². The van der Waals surface area contributed by atoms with Gasteiger partial charge in [0, 0.05) is 0 Å². The number of hydrazone groups is 1. The van der Waals surface area contributed by atoms with Crippen LogP contribution >= 0.6 is 0 Å². The molecule has 1 fully saturated rings. The summed E-state index contributed by atoms with van der Waals surface area (Å²) in [4.78, 5) is 5.17. The molecule has 0 aromatic rings. The van der Waals surface area contributed by atoms with Gasteiger partial charge < -0.3 is 11.6 Å². The summed E-state index contributed by atoms with van der Waals surface area (Å²) in [6.45, 7) is 0. The highest BCUT2D eigenvalue weighted by Gasteiger charge is 2.15. The van der Waals surface area contributed by atoms with E-state index in [1.54, 1.807) is 0 Å². The van der Waals surface area contributed by atoms with Crippen LogP contribution in [0.5, 0.6) is 0 Å². The number of nitrogens with zero attached hydrogens (tertiary/aromatic N) is 1. The van der Waals surface area contributed by atoms with Crippen LogP contribution in [0.4, 0.5) is 0 Å². The predicted octanol–water partition coefficient (Wildman–Crippen LogP) is -0.361. The van der Waals surface area contributed by atoms with Gasteiger partial charge in [-0.15, -0.1) is 5.10 Å². The molecule has 0 radical (unpaired) electrons. The quantitative estimate of drug-likeness (QED) is 0.222. The Morgan fingerprint density at radius 1 is 1.45 bits per heavy atom. The molecule has 5 nitrogen and oxygen atoms in total. The van der Waals surface area contributed by atoms with Crippen molar-refractivity contribution in [2.75, 3.05) is 0 Å². The van der Waals surface area contributed by atoms with Crippen LogP contribution in [0.1, 0.15) is 25.7 Å². The first-order valence-electron chi connectivity index (χ1n) is 3.78. The summed E-state index contributed by atoms with van der Waals surface area (Å²) < 4.78 is 0. The Morgan fingerprint density at radius 3 is 2.64 bits per heavy atom. The van der Waals surface area contributed by atoms with Gasteiger partial charge in [0.1, 0.15) is 0 Å². The number of nitrogens with two attached hydrogens (primary N) is 2. The van der Waals surface area contributed by atoms with Gasteiger partial charge in [-0.25, -0.2) is 5.48 Å². The molecule has 0 saturated heterocycles. The maximum absolute atomic E-state index is 5.24. The summed E-state index contributed by atoms with van der Waals surface area (Å²) in [6, 6.07) is 0. The Morgan fingerprint density at radius 2 is 2.09 bits per heavy atom. The van der Waals surface area contributed by atoms with Crippen molar-refractivity contribution < 1.29 is 4.84 Å². The first-order chi connectivity index (χ1) is 5.33. The van der Waals surface area contributed by atoms with Crippen molar-refractivity contribution in [3.8, 4) is 0 Å². The van der Waals surface area contributed by atoms with Gasteiger partial charge in [0.15, 0.2) is 0 Å². The first-order valence-corrected chi connectivity index (χ1v) is 3.78. The highest BCUT2D eigenvalue weighted by atomic mass is 16.7. The number of hydrogen-bond acceptors (Lipinski definition) is 3. The van der Waals surface area contributed by atoms with E-state index in [2.05, 4.69) is 10.6 Å². The summed E-state index contributed by atoms with van der Waals surface area (Å²) >= 11 is 0. The normalized spacial score (nSPS) is 20.5. The lowest BCUT2D eigenvalue weighted by molar-refractivity contribution is 0.0142. The number of guanidine groups is 1. The Kier molecular flexibility index (Phi) is 2.97. The van der Waals surface area contributed by atoms with Gasteiger partial charge in [0.05, 0.1) is 6.10 Å². The summed E-state index contributed by atoms with van der Waals surface area (Å²) in [5, 5.41) is 3.21. The summed E-state index contributed by atoms with van der Waals surface area (Å²) in [7, 11) is 0. The van der Waals surface area contributed by atoms with Crippen LogP contribution in [0, 0.1) is 0 Å². The minimum atomic E-state index is 0.122. The smallest absolute Gasteiger partial charge is 0.234 e. The third-order valence-corrected chi connectivity index (χ3v) is 1.77. The van der Waals surface area contributed by atoms with Crippen LogP contribution < -0.4 is 17.1 Å². The van der Waals surface area contributed by atoms with Crippen molar-refractivity contribution in [2.45, 2.75) is 31.8 Å². The van der Waals surface area contributed by atoms with E-state index in [1.165, 1.54) is 12.8 Å². The fraction of sp³-hybridized carbons (Fsp3) is 0.833. The number of hydroxylamine groups is 1. The standard InChI is InChI=1S/C6H14N4O/c7-6(9-8)10-11-5-3-1-2-4-5/h5H,1-4,8H2,(H3,7,9,10). The molecule has 1 saturated carbocycles. The maximum Gasteiger partial charge on any atom is 0.234 e. The molecule has 11 heavy (non-hydrogen) atoms. The zero-order valence-electron chi connectivity index (χ0n) is 6.42. The lowest BCUT2D eigenvalue weighted by Gasteiger charge is -2.10. The second kappa shape index (κ2) is 4.02. The van der Waals surface area contributed by atoms with Gasteiger partial charge in [-0.05, 0) is 12.8 Å². The summed E-state index contributed by atoms with van der Waals surface area (Å²) in [5.41, 5.74) is 7.72. The third kappa shape index (κ3) is 2.63. The Labute approximate surface area is 65.7 Å². The van der Waals surface area contributed by atoms with Crippen LogP contribution in [0.3, 0.4) is 0 Å². The fourth-order valence-electron chi connectivity index (χ4n) is 1.18. The maximum atomic E-state index is 5.24. The molecule has 5 N–H and O–H groups in total. The van der Waals surface area contributed by atoms with Crippen molar-refractivity contribution >= 4 is 5.96 Å². The minimum Gasteiger partial charge on any atom is -0.367 e. The van der Waals surface area contributed by atoms with E-state index in [9.17, 15) is 0 Å². The molecule has 0 bridgehead atoms. The zero-order valence-corrected chi connectivity index (χ0v) is 6.42. The predicted molar refractivity (Wildman–Crippen MR) is 42.3 cm³/mol. The van der Waals surface area contributed by atoms with Crippen molar-refractivity contribution in [2.24, 2.45) is 16.7 Å². The van der Waals surface area contributed by atoms with Crippen LogP contribution in [0.15, 0.2) is 5.10 Å². The topological polar surface area (TPSA) is 85.7 Å². The SMILES string of the molecule is N/N=C(\N)NOC1CCCC1.